The number of nitrogens with one attached hydrogen (secondary N) is 1. The molecule has 2 aromatic rings. The van der Waals surface area contributed by atoms with Gasteiger partial charge in [-0.25, -0.2) is 4.79 Å². The van der Waals surface area contributed by atoms with Crippen molar-refractivity contribution >= 4 is 11.9 Å². The van der Waals surface area contributed by atoms with Crippen molar-refractivity contribution in [1.82, 2.24) is 5.32 Å². The highest BCUT2D eigenvalue weighted by atomic mass is 16.6. The maximum atomic E-state index is 11.8. The predicted octanol–water partition coefficient (Wildman–Crippen LogP) is 1.98. The molecule has 0 heterocycles. The Labute approximate surface area is 158 Å². The number of amides is 1. The molecule has 0 spiro atoms. The molecule has 0 saturated carbocycles. The first-order valence-corrected chi connectivity index (χ1v) is 8.44. The number of methoxy groups -OCH3 is 2. The third-order valence-corrected chi connectivity index (χ3v) is 3.69. The van der Waals surface area contributed by atoms with Crippen LogP contribution in [-0.2, 0) is 20.7 Å². The van der Waals surface area contributed by atoms with Crippen LogP contribution in [0.4, 0.5) is 0 Å². The van der Waals surface area contributed by atoms with Crippen molar-refractivity contribution in [2.75, 3.05) is 34.0 Å². The minimum atomic E-state index is -0.638. The third kappa shape index (κ3) is 6.54. The van der Waals surface area contributed by atoms with Crippen LogP contribution in [0.15, 0.2) is 48.5 Å². The van der Waals surface area contributed by atoms with Crippen LogP contribution in [-0.4, -0.2) is 45.9 Å². The van der Waals surface area contributed by atoms with E-state index in [0.29, 0.717) is 24.5 Å². The van der Waals surface area contributed by atoms with E-state index in [1.165, 1.54) is 7.11 Å². The molecule has 0 aliphatic carbocycles. The summed E-state index contributed by atoms with van der Waals surface area (Å²) in [6.07, 6.45) is 0.612. The van der Waals surface area contributed by atoms with E-state index in [0.717, 1.165) is 11.3 Å². The lowest BCUT2D eigenvalue weighted by atomic mass is 10.1. The summed E-state index contributed by atoms with van der Waals surface area (Å²) < 4.78 is 20.6. The van der Waals surface area contributed by atoms with Crippen LogP contribution in [0.25, 0.3) is 0 Å². The molecule has 2 rings (SSSR count). The first-order valence-electron chi connectivity index (χ1n) is 8.44. The van der Waals surface area contributed by atoms with Crippen LogP contribution in [0, 0.1) is 0 Å². The molecule has 7 heteroatoms. The summed E-state index contributed by atoms with van der Waals surface area (Å²) in [6.45, 7) is -0.261. The minimum absolute atomic E-state index is 0.311. The summed E-state index contributed by atoms with van der Waals surface area (Å²) in [5, 5.41) is 2.70. The van der Waals surface area contributed by atoms with E-state index in [2.05, 4.69) is 5.32 Å². The molecule has 0 aromatic heterocycles. The average Bonchev–Trinajstić information content (AvgIpc) is 2.71. The van der Waals surface area contributed by atoms with Crippen molar-refractivity contribution in [3.05, 3.63) is 54.1 Å². The van der Waals surface area contributed by atoms with Crippen molar-refractivity contribution in [3.8, 4) is 17.2 Å². The number of ether oxygens (including phenoxy) is 4. The first-order chi connectivity index (χ1) is 13.1. The molecule has 27 heavy (non-hydrogen) atoms. The quantitative estimate of drug-likeness (QED) is 0.641. The number of hydrogen-bond donors (Lipinski definition) is 1. The number of carbonyl (C=O) groups is 2. The minimum Gasteiger partial charge on any atom is -0.496 e. The standard InChI is InChI=1S/C20H23NO6/c1-24-16-8-4-3-7-15(16)11-12-21-19(22)13-27-20(23)14-26-18-10-6-5-9-17(18)25-2/h3-10H,11-14H2,1-2H3,(H,21,22). The Morgan fingerprint density at radius 2 is 1.48 bits per heavy atom. The largest absolute Gasteiger partial charge is 0.496 e. The van der Waals surface area contributed by atoms with Crippen LogP contribution >= 0.6 is 0 Å². The van der Waals surface area contributed by atoms with Gasteiger partial charge in [0.1, 0.15) is 5.75 Å². The number of para-hydroxylation sites is 3. The molecule has 0 saturated heterocycles. The highest BCUT2D eigenvalue weighted by Crippen LogP contribution is 2.25. The molecule has 0 radical (unpaired) electrons. The second-order valence-electron chi connectivity index (χ2n) is 5.51. The molecule has 0 atom stereocenters. The molecule has 0 unspecified atom stereocenters. The molecule has 1 N–H and O–H groups in total. The monoisotopic (exact) mass is 373 g/mol. The summed E-state index contributed by atoms with van der Waals surface area (Å²) in [5.41, 5.74) is 0.988. The van der Waals surface area contributed by atoms with Crippen LogP contribution in [0.5, 0.6) is 17.2 Å². The maximum Gasteiger partial charge on any atom is 0.344 e. The van der Waals surface area contributed by atoms with Gasteiger partial charge in [0.15, 0.2) is 24.7 Å². The predicted molar refractivity (Wildman–Crippen MR) is 99.2 cm³/mol. The second-order valence-corrected chi connectivity index (χ2v) is 5.51. The van der Waals surface area contributed by atoms with E-state index >= 15 is 0 Å². The Morgan fingerprint density at radius 3 is 2.19 bits per heavy atom. The summed E-state index contributed by atoms with van der Waals surface area (Å²) in [7, 11) is 3.11. The Hall–Kier alpha value is -3.22. The van der Waals surface area contributed by atoms with E-state index < -0.39 is 5.97 Å². The molecular formula is C20H23NO6. The van der Waals surface area contributed by atoms with Crippen molar-refractivity contribution in [2.24, 2.45) is 0 Å². The molecule has 0 aliphatic heterocycles. The Balaban J connectivity index is 1.67. The van der Waals surface area contributed by atoms with Crippen LogP contribution in [0.1, 0.15) is 5.56 Å². The molecule has 0 bridgehead atoms. The maximum absolute atomic E-state index is 11.8. The lowest BCUT2D eigenvalue weighted by molar-refractivity contribution is -0.150. The summed E-state index contributed by atoms with van der Waals surface area (Å²) in [5.74, 6) is 0.695. The Kier molecular flexibility index (Phi) is 7.96. The van der Waals surface area contributed by atoms with Gasteiger partial charge in [-0.2, -0.15) is 0 Å². The molecule has 2 aromatic carbocycles. The molecule has 7 nitrogen and oxygen atoms in total. The number of carbonyl (C=O) groups excluding carboxylic acids is 2. The number of benzene rings is 2. The highest BCUT2D eigenvalue weighted by molar-refractivity contribution is 5.80. The van der Waals surface area contributed by atoms with E-state index in [9.17, 15) is 9.59 Å². The van der Waals surface area contributed by atoms with Crippen molar-refractivity contribution in [1.29, 1.82) is 0 Å². The molecule has 1 amide bonds. The molecule has 0 fully saturated rings. The number of hydrogen-bond acceptors (Lipinski definition) is 6. The van der Waals surface area contributed by atoms with Gasteiger partial charge in [-0.05, 0) is 30.2 Å². The summed E-state index contributed by atoms with van der Waals surface area (Å²) in [6, 6.07) is 14.5. The van der Waals surface area contributed by atoms with E-state index in [4.69, 9.17) is 18.9 Å². The van der Waals surface area contributed by atoms with Gasteiger partial charge < -0.3 is 24.3 Å². The fourth-order valence-electron chi connectivity index (χ4n) is 2.36. The van der Waals surface area contributed by atoms with Gasteiger partial charge >= 0.3 is 5.97 Å². The zero-order valence-corrected chi connectivity index (χ0v) is 15.4. The van der Waals surface area contributed by atoms with Crippen molar-refractivity contribution in [2.45, 2.75) is 6.42 Å². The van der Waals surface area contributed by atoms with Crippen LogP contribution in [0.2, 0.25) is 0 Å². The van der Waals surface area contributed by atoms with Crippen molar-refractivity contribution < 1.29 is 28.5 Å². The van der Waals surface area contributed by atoms with E-state index in [-0.39, 0.29) is 19.1 Å². The Bertz CT molecular complexity index is 762. The second kappa shape index (κ2) is 10.7. The first kappa shape index (κ1) is 20.1. The molecular weight excluding hydrogens is 350 g/mol. The van der Waals surface area contributed by atoms with Crippen LogP contribution < -0.4 is 19.5 Å². The van der Waals surface area contributed by atoms with Gasteiger partial charge in [0.05, 0.1) is 14.2 Å². The van der Waals surface area contributed by atoms with Gasteiger partial charge in [-0.15, -0.1) is 0 Å². The molecule has 0 aliphatic rings. The van der Waals surface area contributed by atoms with Gasteiger partial charge in [0, 0.05) is 6.54 Å². The average molecular weight is 373 g/mol. The fourth-order valence-corrected chi connectivity index (χ4v) is 2.36. The van der Waals surface area contributed by atoms with Gasteiger partial charge in [-0.1, -0.05) is 30.3 Å². The van der Waals surface area contributed by atoms with Crippen LogP contribution in [0.3, 0.4) is 0 Å². The smallest absolute Gasteiger partial charge is 0.344 e. The Morgan fingerprint density at radius 1 is 0.852 bits per heavy atom. The SMILES string of the molecule is COc1ccccc1CCNC(=O)COC(=O)COc1ccccc1OC. The fraction of sp³-hybridized carbons (Fsp3) is 0.300. The highest BCUT2D eigenvalue weighted by Gasteiger charge is 2.10. The van der Waals surface area contributed by atoms with E-state index in [1.807, 2.05) is 24.3 Å². The van der Waals surface area contributed by atoms with Gasteiger partial charge in [0.2, 0.25) is 0 Å². The zero-order chi connectivity index (χ0) is 19.5. The summed E-state index contributed by atoms with van der Waals surface area (Å²) in [4.78, 5) is 23.5. The lowest BCUT2D eigenvalue weighted by Crippen LogP contribution is -2.31. The normalized spacial score (nSPS) is 10.0. The third-order valence-electron chi connectivity index (χ3n) is 3.69. The van der Waals surface area contributed by atoms with Gasteiger partial charge in [0.25, 0.3) is 5.91 Å². The van der Waals surface area contributed by atoms with Gasteiger partial charge in [-0.3, -0.25) is 4.79 Å². The number of esters is 1. The summed E-state index contributed by atoms with van der Waals surface area (Å²) >= 11 is 0. The molecule has 144 valence electrons. The van der Waals surface area contributed by atoms with E-state index in [1.54, 1.807) is 31.4 Å². The lowest BCUT2D eigenvalue weighted by Gasteiger charge is -2.11. The zero-order valence-electron chi connectivity index (χ0n) is 15.4. The van der Waals surface area contributed by atoms with Crippen molar-refractivity contribution in [3.63, 3.8) is 0 Å². The number of rotatable bonds is 10. The topological polar surface area (TPSA) is 83.1 Å².